The fourth-order valence-corrected chi connectivity index (χ4v) is 8.10. The predicted molar refractivity (Wildman–Crippen MR) is 250 cm³/mol. The Kier molecular flexibility index (Phi) is 10.7. The topological polar surface area (TPSA) is 50.9 Å². The van der Waals surface area contributed by atoms with Crippen LogP contribution in [-0.4, -0.2) is 19.6 Å². The molecule has 0 atom stereocenters. The summed E-state index contributed by atoms with van der Waals surface area (Å²) in [5, 5.41) is 12.2. The third kappa shape index (κ3) is 8.13. The molecule has 0 fully saturated rings. The van der Waals surface area contributed by atoms with E-state index < -0.39 is 6.85 Å². The quantitative estimate of drug-likeness (QED) is 0.147. The molecule has 0 bridgehead atoms. The first-order valence-corrected chi connectivity index (χ1v) is 20.6. The van der Waals surface area contributed by atoms with Crippen LogP contribution in [0.2, 0.25) is 0 Å². The van der Waals surface area contributed by atoms with Gasteiger partial charge >= 0.3 is 0 Å². The molecule has 0 aliphatic heterocycles. The molecular weight excluding hydrogens is 926 g/mol. The molecule has 0 aliphatic carbocycles. The van der Waals surface area contributed by atoms with Gasteiger partial charge in [0.15, 0.2) is 0 Å². The van der Waals surface area contributed by atoms with Crippen LogP contribution in [0, 0.1) is 19.8 Å². The standard InChI is InChI=1S/C56H48N3O.Pt/c1-35(2)43-32-48(36(3)4)55(60)50(33-43)56-58-54-47(18-13-19-53(54)59(56)52-25-22-38(6)28-49(52)41-16-11-8-12-17-41)45-29-44(39-14-9-7-10-15-39)30-46(31-45)51-34-42(26-27-57-51)40-23-20-37(5)21-24-40;/h7-30,32-36,60H,1-6H3;/q-1;/i6D3;. The van der Waals surface area contributed by atoms with E-state index in [1.165, 1.54) is 5.56 Å². The third-order valence-corrected chi connectivity index (χ3v) is 11.4. The Bertz CT molecular complexity index is 3120. The maximum absolute atomic E-state index is 12.2. The van der Waals surface area contributed by atoms with Crippen LogP contribution >= 0.6 is 0 Å². The van der Waals surface area contributed by atoms with Gasteiger partial charge in [0, 0.05) is 42.6 Å². The summed E-state index contributed by atoms with van der Waals surface area (Å²) >= 11 is 0. The van der Waals surface area contributed by atoms with Crippen LogP contribution in [0.3, 0.4) is 0 Å². The maximum atomic E-state index is 12.2. The number of rotatable bonds is 9. The van der Waals surface area contributed by atoms with Gasteiger partial charge in [-0.15, -0.1) is 23.8 Å². The van der Waals surface area contributed by atoms with Crippen LogP contribution in [0.1, 0.15) is 65.9 Å². The van der Waals surface area contributed by atoms with Crippen LogP contribution in [0.15, 0.2) is 164 Å². The first-order chi connectivity index (χ1) is 30.3. The summed E-state index contributed by atoms with van der Waals surface area (Å²) in [5.74, 6) is 0.944. The summed E-state index contributed by atoms with van der Waals surface area (Å²) in [6, 6.07) is 56.5. The molecule has 0 aliphatic rings. The van der Waals surface area contributed by atoms with Crippen LogP contribution in [-0.2, 0) is 21.1 Å². The molecule has 0 saturated heterocycles. The van der Waals surface area contributed by atoms with Crippen molar-refractivity contribution in [2.45, 2.75) is 53.3 Å². The summed E-state index contributed by atoms with van der Waals surface area (Å²) in [7, 11) is 0. The number of benzene rings is 7. The number of aromatic hydroxyl groups is 1. The second-order valence-corrected chi connectivity index (χ2v) is 16.2. The van der Waals surface area contributed by atoms with Crippen LogP contribution in [0.25, 0.3) is 83.9 Å². The largest absolute Gasteiger partial charge is 0.507 e. The van der Waals surface area contributed by atoms with Crippen LogP contribution in [0.4, 0.5) is 0 Å². The molecule has 0 spiro atoms. The van der Waals surface area contributed by atoms with E-state index in [2.05, 4.69) is 118 Å². The summed E-state index contributed by atoms with van der Waals surface area (Å²) in [6.45, 7) is 8.25. The zero-order chi connectivity index (χ0) is 44.0. The van der Waals surface area contributed by atoms with E-state index in [1.54, 1.807) is 12.1 Å². The number of phenols is 1. The Hall–Kier alpha value is -6.35. The number of hydrogen-bond acceptors (Lipinski definition) is 3. The first-order valence-electron chi connectivity index (χ1n) is 22.1. The number of aryl methyl sites for hydroxylation is 2. The van der Waals surface area contributed by atoms with Gasteiger partial charge < -0.3 is 5.11 Å². The average molecular weight is 977 g/mol. The third-order valence-electron chi connectivity index (χ3n) is 11.4. The van der Waals surface area contributed by atoms with E-state index in [0.717, 1.165) is 78.1 Å². The molecule has 2 aromatic heterocycles. The van der Waals surface area contributed by atoms with Gasteiger partial charge in [0.1, 0.15) is 11.6 Å². The number of para-hydroxylation sites is 1. The second-order valence-electron chi connectivity index (χ2n) is 16.2. The molecule has 4 nitrogen and oxygen atoms in total. The average Bonchev–Trinajstić information content (AvgIpc) is 3.68. The minimum absolute atomic E-state index is 0. The maximum Gasteiger partial charge on any atom is 0.148 e. The minimum Gasteiger partial charge on any atom is -0.507 e. The van der Waals surface area contributed by atoms with Crippen LogP contribution in [0.5, 0.6) is 5.75 Å². The minimum atomic E-state index is -2.32. The molecule has 0 radical (unpaired) electrons. The van der Waals surface area contributed by atoms with Crippen molar-refractivity contribution in [1.29, 1.82) is 0 Å². The molecule has 9 aromatic rings. The Balaban J connectivity index is 0.00000560. The summed E-state index contributed by atoms with van der Waals surface area (Å²) < 4.78 is 27.2. The molecule has 1 N–H and O–H groups in total. The number of nitrogens with zero attached hydrogens (tertiary/aromatic N) is 3. The van der Waals surface area contributed by atoms with Gasteiger partial charge in [0.25, 0.3) is 0 Å². The predicted octanol–water partition coefficient (Wildman–Crippen LogP) is 14.8. The van der Waals surface area contributed by atoms with Crippen molar-refractivity contribution >= 4 is 11.0 Å². The fraction of sp³-hybridized carbons (Fsp3) is 0.143. The number of fused-ring (bicyclic) bond motifs is 1. The smallest absolute Gasteiger partial charge is 0.148 e. The molecule has 9 rings (SSSR count). The second kappa shape index (κ2) is 17.3. The van der Waals surface area contributed by atoms with Crippen LogP contribution < -0.4 is 0 Å². The molecular formula is C56H48N3OPt-. The Labute approximate surface area is 378 Å². The molecule has 0 unspecified atom stereocenters. The summed E-state index contributed by atoms with van der Waals surface area (Å²) in [4.78, 5) is 10.4. The molecule has 0 amide bonds. The zero-order valence-corrected chi connectivity index (χ0v) is 37.1. The van der Waals surface area contributed by atoms with E-state index in [9.17, 15) is 5.11 Å². The van der Waals surface area contributed by atoms with Crippen molar-refractivity contribution < 1.29 is 30.3 Å². The van der Waals surface area contributed by atoms with Gasteiger partial charge in [-0.2, -0.15) is 0 Å². The van der Waals surface area contributed by atoms with Crippen molar-refractivity contribution in [3.63, 3.8) is 0 Å². The van der Waals surface area contributed by atoms with E-state index in [-0.39, 0.29) is 44.2 Å². The number of phenolic OH excluding ortho intramolecular Hbond substituents is 1. The van der Waals surface area contributed by atoms with Crippen molar-refractivity contribution in [1.82, 2.24) is 14.5 Å². The summed E-state index contributed by atoms with van der Waals surface area (Å²) in [5.41, 5.74) is 15.4. The van der Waals surface area contributed by atoms with Gasteiger partial charge in [0.05, 0.1) is 22.3 Å². The molecule has 2 heterocycles. The van der Waals surface area contributed by atoms with Crippen molar-refractivity contribution in [2.24, 2.45) is 0 Å². The van der Waals surface area contributed by atoms with E-state index in [0.29, 0.717) is 16.9 Å². The molecule has 304 valence electrons. The number of hydrogen-bond donors (Lipinski definition) is 1. The SMILES string of the molecule is [2H]C([2H])([2H])c1ccc(-n2c(-c3cc(C(C)C)cc(C(C)C)c3O)nc3c(-c4[c-]c(-c5cc(-c6ccc(C)cc6)ccn5)cc(-c5ccccc5)c4)cccc32)c(-c2ccccc2)c1.[Pt]. The first kappa shape index (κ1) is 37.6. The Morgan fingerprint density at radius 3 is 1.98 bits per heavy atom. The van der Waals surface area contributed by atoms with Gasteiger partial charge in [-0.25, -0.2) is 4.98 Å². The van der Waals surface area contributed by atoms with Gasteiger partial charge in [-0.3, -0.25) is 9.55 Å². The molecule has 0 saturated carbocycles. The fourth-order valence-electron chi connectivity index (χ4n) is 8.10. The van der Waals surface area contributed by atoms with Gasteiger partial charge in [0.2, 0.25) is 0 Å². The van der Waals surface area contributed by atoms with Gasteiger partial charge in [-0.1, -0.05) is 171 Å². The van der Waals surface area contributed by atoms with Crippen molar-refractivity contribution in [2.75, 3.05) is 0 Å². The van der Waals surface area contributed by atoms with Gasteiger partial charge in [-0.05, 0) is 89.3 Å². The Morgan fingerprint density at radius 1 is 0.590 bits per heavy atom. The molecule has 7 aromatic carbocycles. The number of pyridine rings is 1. The van der Waals surface area contributed by atoms with E-state index in [4.69, 9.17) is 14.1 Å². The summed E-state index contributed by atoms with van der Waals surface area (Å²) in [6.07, 6.45) is 1.85. The van der Waals surface area contributed by atoms with Crippen molar-refractivity contribution in [3.8, 4) is 78.6 Å². The van der Waals surface area contributed by atoms with E-state index in [1.807, 2.05) is 79.0 Å². The van der Waals surface area contributed by atoms with Crippen molar-refractivity contribution in [3.05, 3.63) is 192 Å². The zero-order valence-electron chi connectivity index (χ0n) is 37.8. The molecule has 61 heavy (non-hydrogen) atoms. The number of aromatic nitrogens is 3. The van der Waals surface area contributed by atoms with E-state index >= 15 is 0 Å². The normalized spacial score (nSPS) is 12.3. The Morgan fingerprint density at radius 2 is 1.28 bits per heavy atom. The monoisotopic (exact) mass is 976 g/mol. The molecule has 5 heteroatoms. The number of imidazole rings is 1.